The van der Waals surface area contributed by atoms with Crippen LogP contribution in [0.4, 0.5) is 0 Å². The van der Waals surface area contributed by atoms with Crippen molar-refractivity contribution in [2.75, 3.05) is 7.11 Å². The summed E-state index contributed by atoms with van der Waals surface area (Å²) in [5, 5.41) is 0. The number of fused-ring (bicyclic) bond motifs is 2. The number of aryl methyl sites for hydroxylation is 2. The van der Waals surface area contributed by atoms with E-state index >= 15 is 0 Å². The van der Waals surface area contributed by atoms with Crippen LogP contribution in [0.5, 0.6) is 0 Å². The Hall–Kier alpha value is -1.35. The van der Waals surface area contributed by atoms with E-state index in [-0.39, 0.29) is 5.91 Å². The van der Waals surface area contributed by atoms with Crippen molar-refractivity contribution >= 4 is 5.91 Å². The van der Waals surface area contributed by atoms with Gasteiger partial charge in [-0.1, -0.05) is 6.07 Å². The minimum absolute atomic E-state index is 0.204. The Kier molecular flexibility index (Phi) is 3.55. The Labute approximate surface area is 120 Å². The molecule has 2 unspecified atom stereocenters. The smallest absolute Gasteiger partial charge is 0.254 e. The SMILES string of the molecule is COC1CC2CCC(C1)N2C(=O)c1ccc(C)c(C)c1. The molecule has 1 amide bonds. The average Bonchev–Trinajstić information content (AvgIpc) is 2.71. The maximum Gasteiger partial charge on any atom is 0.254 e. The van der Waals surface area contributed by atoms with E-state index in [1.165, 1.54) is 11.1 Å². The first-order chi connectivity index (χ1) is 9.60. The molecule has 1 aromatic rings. The van der Waals surface area contributed by atoms with Gasteiger partial charge in [0, 0.05) is 24.8 Å². The first kappa shape index (κ1) is 13.6. The predicted octanol–water partition coefficient (Wildman–Crippen LogP) is 3.09. The summed E-state index contributed by atoms with van der Waals surface area (Å²) in [6, 6.07) is 6.78. The Balaban J connectivity index is 1.83. The number of benzene rings is 1. The van der Waals surface area contributed by atoms with Crippen molar-refractivity contribution in [3.05, 3.63) is 34.9 Å². The van der Waals surface area contributed by atoms with E-state index in [0.717, 1.165) is 31.2 Å². The van der Waals surface area contributed by atoms with Crippen LogP contribution in [0.3, 0.4) is 0 Å². The molecule has 3 heteroatoms. The third kappa shape index (κ3) is 2.24. The number of carbonyl (C=O) groups excluding carboxylic acids is 1. The predicted molar refractivity (Wildman–Crippen MR) is 78.9 cm³/mol. The van der Waals surface area contributed by atoms with Gasteiger partial charge in [0.05, 0.1) is 6.10 Å². The van der Waals surface area contributed by atoms with Crippen LogP contribution < -0.4 is 0 Å². The fourth-order valence-corrected chi connectivity index (χ4v) is 3.67. The van der Waals surface area contributed by atoms with E-state index < -0.39 is 0 Å². The molecule has 20 heavy (non-hydrogen) atoms. The van der Waals surface area contributed by atoms with Gasteiger partial charge in [0.15, 0.2) is 0 Å². The lowest BCUT2D eigenvalue weighted by atomic mass is 9.97. The van der Waals surface area contributed by atoms with Crippen LogP contribution in [0, 0.1) is 13.8 Å². The summed E-state index contributed by atoms with van der Waals surface area (Å²) in [6.45, 7) is 4.15. The maximum atomic E-state index is 12.8. The second-order valence-electron chi connectivity index (χ2n) is 6.23. The Bertz CT molecular complexity index is 512. The lowest BCUT2D eigenvalue weighted by Gasteiger charge is -2.38. The van der Waals surface area contributed by atoms with Crippen molar-refractivity contribution in [1.82, 2.24) is 4.90 Å². The summed E-state index contributed by atoms with van der Waals surface area (Å²) in [5.74, 6) is 0.204. The first-order valence-electron chi connectivity index (χ1n) is 7.53. The monoisotopic (exact) mass is 273 g/mol. The molecule has 2 saturated heterocycles. The summed E-state index contributed by atoms with van der Waals surface area (Å²) < 4.78 is 5.50. The molecule has 2 fully saturated rings. The number of ether oxygens (including phenoxy) is 1. The highest BCUT2D eigenvalue weighted by Crippen LogP contribution is 2.37. The summed E-state index contributed by atoms with van der Waals surface area (Å²) in [6.07, 6.45) is 4.56. The van der Waals surface area contributed by atoms with Crippen LogP contribution in [0.15, 0.2) is 18.2 Å². The van der Waals surface area contributed by atoms with Crippen LogP contribution in [0.25, 0.3) is 0 Å². The normalized spacial score (nSPS) is 28.8. The van der Waals surface area contributed by atoms with Gasteiger partial charge >= 0.3 is 0 Å². The van der Waals surface area contributed by atoms with Crippen molar-refractivity contribution in [3.63, 3.8) is 0 Å². The lowest BCUT2D eigenvalue weighted by Crippen LogP contribution is -2.48. The second-order valence-corrected chi connectivity index (χ2v) is 6.23. The topological polar surface area (TPSA) is 29.5 Å². The van der Waals surface area contributed by atoms with Crippen molar-refractivity contribution in [3.8, 4) is 0 Å². The quantitative estimate of drug-likeness (QED) is 0.828. The molecule has 0 aromatic heterocycles. The van der Waals surface area contributed by atoms with Gasteiger partial charge in [-0.15, -0.1) is 0 Å². The molecule has 2 aliphatic rings. The molecule has 0 saturated carbocycles. The van der Waals surface area contributed by atoms with Crippen molar-refractivity contribution in [2.24, 2.45) is 0 Å². The molecule has 2 atom stereocenters. The second kappa shape index (κ2) is 5.21. The molecule has 108 valence electrons. The zero-order valence-corrected chi connectivity index (χ0v) is 12.6. The molecule has 3 rings (SSSR count). The standard InChI is InChI=1S/C17H23NO2/c1-11-4-5-13(8-12(11)2)17(19)18-14-6-7-15(18)10-16(9-14)20-3/h4-5,8,14-16H,6-7,9-10H2,1-3H3. The van der Waals surface area contributed by atoms with E-state index in [4.69, 9.17) is 4.74 Å². The van der Waals surface area contributed by atoms with E-state index in [1.54, 1.807) is 7.11 Å². The zero-order chi connectivity index (χ0) is 14.3. The number of hydrogen-bond acceptors (Lipinski definition) is 2. The molecule has 1 aromatic carbocycles. The minimum atomic E-state index is 0.204. The van der Waals surface area contributed by atoms with E-state index in [1.807, 2.05) is 18.2 Å². The van der Waals surface area contributed by atoms with Crippen LogP contribution in [-0.2, 0) is 4.74 Å². The lowest BCUT2D eigenvalue weighted by molar-refractivity contribution is 0.00822. The third-order valence-electron chi connectivity index (χ3n) is 5.01. The van der Waals surface area contributed by atoms with Crippen LogP contribution >= 0.6 is 0 Å². The summed E-state index contributed by atoms with van der Waals surface area (Å²) in [7, 11) is 1.78. The molecule has 2 aliphatic heterocycles. The van der Waals surface area contributed by atoms with Gasteiger partial charge in [-0.05, 0) is 62.8 Å². The molecule has 0 radical (unpaired) electrons. The van der Waals surface area contributed by atoms with E-state index in [0.29, 0.717) is 18.2 Å². The van der Waals surface area contributed by atoms with Crippen LogP contribution in [0.2, 0.25) is 0 Å². The molecular weight excluding hydrogens is 250 g/mol. The number of nitrogens with zero attached hydrogens (tertiary/aromatic N) is 1. The molecular formula is C17H23NO2. The largest absolute Gasteiger partial charge is 0.381 e. The zero-order valence-electron chi connectivity index (χ0n) is 12.6. The van der Waals surface area contributed by atoms with Gasteiger partial charge in [-0.25, -0.2) is 0 Å². The molecule has 2 bridgehead atoms. The van der Waals surface area contributed by atoms with E-state index in [9.17, 15) is 4.79 Å². The van der Waals surface area contributed by atoms with Crippen LogP contribution in [0.1, 0.15) is 47.2 Å². The number of carbonyl (C=O) groups is 1. The van der Waals surface area contributed by atoms with Gasteiger partial charge in [-0.3, -0.25) is 4.79 Å². The number of amides is 1. The Morgan fingerprint density at radius 1 is 1.15 bits per heavy atom. The molecule has 0 spiro atoms. The maximum absolute atomic E-state index is 12.8. The first-order valence-corrected chi connectivity index (χ1v) is 7.53. The van der Waals surface area contributed by atoms with E-state index in [2.05, 4.69) is 18.7 Å². The molecule has 3 nitrogen and oxygen atoms in total. The highest BCUT2D eigenvalue weighted by atomic mass is 16.5. The highest BCUT2D eigenvalue weighted by molar-refractivity contribution is 5.95. The summed E-state index contributed by atoms with van der Waals surface area (Å²) in [5.41, 5.74) is 3.26. The number of hydrogen-bond donors (Lipinski definition) is 0. The fourth-order valence-electron chi connectivity index (χ4n) is 3.67. The van der Waals surface area contributed by atoms with Gasteiger partial charge in [0.2, 0.25) is 0 Å². The van der Waals surface area contributed by atoms with Gasteiger partial charge < -0.3 is 9.64 Å². The van der Waals surface area contributed by atoms with Crippen molar-refractivity contribution < 1.29 is 9.53 Å². The number of rotatable bonds is 2. The third-order valence-corrected chi connectivity index (χ3v) is 5.01. The molecule has 0 aliphatic carbocycles. The Morgan fingerprint density at radius 3 is 2.35 bits per heavy atom. The molecule has 2 heterocycles. The van der Waals surface area contributed by atoms with Crippen molar-refractivity contribution in [1.29, 1.82) is 0 Å². The summed E-state index contributed by atoms with van der Waals surface area (Å²) >= 11 is 0. The number of piperidine rings is 1. The van der Waals surface area contributed by atoms with Crippen molar-refractivity contribution in [2.45, 2.75) is 57.7 Å². The van der Waals surface area contributed by atoms with Crippen LogP contribution in [-0.4, -0.2) is 36.1 Å². The molecule has 0 N–H and O–H groups in total. The number of methoxy groups -OCH3 is 1. The minimum Gasteiger partial charge on any atom is -0.381 e. The highest BCUT2D eigenvalue weighted by Gasteiger charge is 2.43. The average molecular weight is 273 g/mol. The summed E-state index contributed by atoms with van der Waals surface area (Å²) in [4.78, 5) is 14.9. The van der Waals surface area contributed by atoms with Gasteiger partial charge in [-0.2, -0.15) is 0 Å². The Morgan fingerprint density at radius 2 is 1.80 bits per heavy atom. The van der Waals surface area contributed by atoms with Gasteiger partial charge in [0.1, 0.15) is 0 Å². The van der Waals surface area contributed by atoms with Gasteiger partial charge in [0.25, 0.3) is 5.91 Å². The fraction of sp³-hybridized carbons (Fsp3) is 0.588.